The second-order valence-corrected chi connectivity index (χ2v) is 3.25. The van der Waals surface area contributed by atoms with Crippen LogP contribution in [0.5, 0.6) is 0 Å². The van der Waals surface area contributed by atoms with Crippen LogP contribution in [-0.2, 0) is 16.0 Å². The summed E-state index contributed by atoms with van der Waals surface area (Å²) in [5, 5.41) is 11.1. The van der Waals surface area contributed by atoms with Crippen molar-refractivity contribution in [1.29, 1.82) is 0 Å². The smallest absolute Gasteiger partial charge is 0.303 e. The Labute approximate surface area is 87.1 Å². The van der Waals surface area contributed by atoms with Crippen LogP contribution >= 0.6 is 0 Å². The van der Waals surface area contributed by atoms with Gasteiger partial charge in [0.25, 0.3) is 0 Å². The van der Waals surface area contributed by atoms with Crippen molar-refractivity contribution >= 4 is 12.4 Å². The second-order valence-electron chi connectivity index (χ2n) is 3.25. The zero-order valence-electron chi connectivity index (χ0n) is 8.18. The molecule has 0 radical (unpaired) electrons. The molecule has 15 heavy (non-hydrogen) atoms. The SMILES string of the molecule is O=CNC(CCC(=O)O)Cc1ccoc1. The molecule has 5 nitrogen and oxygen atoms in total. The predicted octanol–water partition coefficient (Wildman–Crippen LogP) is 0.801. The van der Waals surface area contributed by atoms with Crippen molar-refractivity contribution in [2.45, 2.75) is 25.3 Å². The average Bonchev–Trinajstić information content (AvgIpc) is 2.67. The van der Waals surface area contributed by atoms with E-state index in [1.807, 2.05) is 0 Å². The maximum atomic E-state index is 10.4. The fraction of sp³-hybridized carbons (Fsp3) is 0.400. The third-order valence-electron chi connectivity index (χ3n) is 2.07. The van der Waals surface area contributed by atoms with Crippen molar-refractivity contribution in [3.63, 3.8) is 0 Å². The number of aliphatic carboxylic acids is 1. The number of carbonyl (C=O) groups excluding carboxylic acids is 1. The number of hydrogen-bond donors (Lipinski definition) is 2. The van der Waals surface area contributed by atoms with Gasteiger partial charge in [0, 0.05) is 12.5 Å². The van der Waals surface area contributed by atoms with E-state index in [0.29, 0.717) is 19.3 Å². The number of nitrogens with one attached hydrogen (secondary N) is 1. The number of hydrogen-bond acceptors (Lipinski definition) is 3. The molecule has 1 heterocycles. The van der Waals surface area contributed by atoms with E-state index in [9.17, 15) is 9.59 Å². The van der Waals surface area contributed by atoms with E-state index in [-0.39, 0.29) is 12.5 Å². The number of carboxylic acid groups (broad SMARTS) is 1. The molecule has 0 fully saturated rings. The van der Waals surface area contributed by atoms with Gasteiger partial charge in [-0.15, -0.1) is 0 Å². The second kappa shape index (κ2) is 5.85. The number of furan rings is 1. The van der Waals surface area contributed by atoms with Crippen molar-refractivity contribution in [3.8, 4) is 0 Å². The molecule has 5 heteroatoms. The molecule has 1 aromatic rings. The average molecular weight is 211 g/mol. The molecule has 82 valence electrons. The lowest BCUT2D eigenvalue weighted by atomic mass is 10.0. The number of rotatable bonds is 7. The first kappa shape index (κ1) is 11.3. The molecule has 0 saturated carbocycles. The monoisotopic (exact) mass is 211 g/mol. The first-order chi connectivity index (χ1) is 7.22. The Morgan fingerprint density at radius 3 is 3.00 bits per heavy atom. The lowest BCUT2D eigenvalue weighted by Crippen LogP contribution is -2.30. The van der Waals surface area contributed by atoms with Crippen molar-refractivity contribution in [3.05, 3.63) is 24.2 Å². The van der Waals surface area contributed by atoms with E-state index in [1.54, 1.807) is 18.6 Å². The van der Waals surface area contributed by atoms with Gasteiger partial charge in [0.05, 0.1) is 12.5 Å². The van der Waals surface area contributed by atoms with Crippen LogP contribution in [0.1, 0.15) is 18.4 Å². The minimum Gasteiger partial charge on any atom is -0.481 e. The Morgan fingerprint density at radius 2 is 2.47 bits per heavy atom. The fourth-order valence-corrected chi connectivity index (χ4v) is 1.33. The maximum Gasteiger partial charge on any atom is 0.303 e. The number of carbonyl (C=O) groups is 2. The van der Waals surface area contributed by atoms with Gasteiger partial charge in [0.15, 0.2) is 0 Å². The molecule has 0 spiro atoms. The molecule has 0 aromatic carbocycles. The topological polar surface area (TPSA) is 79.5 Å². The summed E-state index contributed by atoms with van der Waals surface area (Å²) in [7, 11) is 0. The van der Waals surface area contributed by atoms with Gasteiger partial charge >= 0.3 is 5.97 Å². The fourth-order valence-electron chi connectivity index (χ4n) is 1.33. The van der Waals surface area contributed by atoms with E-state index in [1.165, 1.54) is 0 Å². The molecule has 1 atom stereocenters. The van der Waals surface area contributed by atoms with Crippen molar-refractivity contribution in [2.24, 2.45) is 0 Å². The van der Waals surface area contributed by atoms with Crippen LogP contribution in [-0.4, -0.2) is 23.5 Å². The van der Waals surface area contributed by atoms with Gasteiger partial charge in [-0.25, -0.2) is 0 Å². The van der Waals surface area contributed by atoms with Crippen LogP contribution in [0.15, 0.2) is 23.0 Å². The normalized spacial score (nSPS) is 12.0. The Bertz CT molecular complexity index is 307. The summed E-state index contributed by atoms with van der Waals surface area (Å²) >= 11 is 0. The molecule has 0 bridgehead atoms. The summed E-state index contributed by atoms with van der Waals surface area (Å²) in [5.74, 6) is -0.861. The Morgan fingerprint density at radius 1 is 1.67 bits per heavy atom. The largest absolute Gasteiger partial charge is 0.481 e. The molecule has 0 aliphatic carbocycles. The zero-order chi connectivity index (χ0) is 11.1. The van der Waals surface area contributed by atoms with Gasteiger partial charge in [-0.3, -0.25) is 9.59 Å². The highest BCUT2D eigenvalue weighted by Crippen LogP contribution is 2.08. The molecular weight excluding hydrogens is 198 g/mol. The van der Waals surface area contributed by atoms with Crippen LogP contribution in [0, 0.1) is 0 Å². The molecular formula is C10H13NO4. The van der Waals surface area contributed by atoms with E-state index >= 15 is 0 Å². The molecule has 1 aromatic heterocycles. The first-order valence-corrected chi connectivity index (χ1v) is 4.65. The standard InChI is InChI=1S/C10H13NO4/c12-7-11-9(1-2-10(13)14)5-8-3-4-15-6-8/h3-4,6-7,9H,1-2,5H2,(H,11,12)(H,13,14). The third kappa shape index (κ3) is 4.30. The van der Waals surface area contributed by atoms with E-state index < -0.39 is 5.97 Å². The third-order valence-corrected chi connectivity index (χ3v) is 2.07. The molecule has 0 aliphatic rings. The highest BCUT2D eigenvalue weighted by atomic mass is 16.4. The lowest BCUT2D eigenvalue weighted by Gasteiger charge is -2.13. The summed E-state index contributed by atoms with van der Waals surface area (Å²) < 4.78 is 4.89. The van der Waals surface area contributed by atoms with Gasteiger partial charge < -0.3 is 14.8 Å². The first-order valence-electron chi connectivity index (χ1n) is 4.65. The van der Waals surface area contributed by atoms with Gasteiger partial charge in [-0.2, -0.15) is 0 Å². The van der Waals surface area contributed by atoms with Crippen molar-refractivity contribution in [1.82, 2.24) is 5.32 Å². The lowest BCUT2D eigenvalue weighted by molar-refractivity contribution is -0.137. The van der Waals surface area contributed by atoms with E-state index in [4.69, 9.17) is 9.52 Å². The van der Waals surface area contributed by atoms with Crippen LogP contribution in [0.2, 0.25) is 0 Å². The van der Waals surface area contributed by atoms with Crippen LogP contribution in [0.25, 0.3) is 0 Å². The summed E-state index contributed by atoms with van der Waals surface area (Å²) in [4.78, 5) is 20.7. The Hall–Kier alpha value is -1.78. The van der Waals surface area contributed by atoms with Crippen molar-refractivity contribution in [2.75, 3.05) is 0 Å². The summed E-state index contributed by atoms with van der Waals surface area (Å²) in [6.07, 6.45) is 4.77. The summed E-state index contributed by atoms with van der Waals surface area (Å²) in [6, 6.07) is 1.64. The maximum absolute atomic E-state index is 10.4. The molecule has 1 rings (SSSR count). The van der Waals surface area contributed by atoms with Gasteiger partial charge in [0.1, 0.15) is 0 Å². The highest BCUT2D eigenvalue weighted by Gasteiger charge is 2.11. The van der Waals surface area contributed by atoms with Crippen LogP contribution < -0.4 is 5.32 Å². The molecule has 0 aliphatic heterocycles. The predicted molar refractivity (Wildman–Crippen MR) is 52.3 cm³/mol. The van der Waals surface area contributed by atoms with Crippen molar-refractivity contribution < 1.29 is 19.1 Å². The zero-order valence-corrected chi connectivity index (χ0v) is 8.18. The van der Waals surface area contributed by atoms with E-state index in [2.05, 4.69) is 5.32 Å². The van der Waals surface area contributed by atoms with Crippen LogP contribution in [0.4, 0.5) is 0 Å². The Balaban J connectivity index is 2.42. The summed E-state index contributed by atoms with van der Waals surface area (Å²) in [6.45, 7) is 0. The molecule has 0 saturated heterocycles. The highest BCUT2D eigenvalue weighted by molar-refractivity contribution is 5.66. The molecule has 1 amide bonds. The van der Waals surface area contributed by atoms with E-state index in [0.717, 1.165) is 5.56 Å². The Kier molecular flexibility index (Phi) is 4.40. The number of carboxylic acids is 1. The number of amides is 1. The van der Waals surface area contributed by atoms with Gasteiger partial charge in [-0.05, 0) is 24.5 Å². The quantitative estimate of drug-likeness (QED) is 0.654. The van der Waals surface area contributed by atoms with Gasteiger partial charge in [0.2, 0.25) is 6.41 Å². The molecule has 1 unspecified atom stereocenters. The van der Waals surface area contributed by atoms with Crippen LogP contribution in [0.3, 0.4) is 0 Å². The molecule has 2 N–H and O–H groups in total. The minimum absolute atomic E-state index is 0.0450. The van der Waals surface area contributed by atoms with Gasteiger partial charge in [-0.1, -0.05) is 0 Å². The summed E-state index contributed by atoms with van der Waals surface area (Å²) in [5.41, 5.74) is 0.944. The minimum atomic E-state index is -0.861.